The van der Waals surface area contributed by atoms with Crippen molar-refractivity contribution in [3.05, 3.63) is 23.8 Å². The minimum Gasteiger partial charge on any atom is -0.343 e. The van der Waals surface area contributed by atoms with E-state index in [4.69, 9.17) is 4.98 Å². The molecule has 0 radical (unpaired) electrons. The Kier molecular flexibility index (Phi) is 5.08. The van der Waals surface area contributed by atoms with Crippen LogP contribution in [0.1, 0.15) is 31.7 Å². The Hall–Kier alpha value is -2.35. The fraction of sp³-hybridized carbons (Fsp3) is 0.471. The molecule has 0 aliphatic carbocycles. The number of hydrogen-bond donors (Lipinski definition) is 1. The molecule has 2 amide bonds. The van der Waals surface area contributed by atoms with Crippen molar-refractivity contribution in [1.29, 1.82) is 0 Å². The summed E-state index contributed by atoms with van der Waals surface area (Å²) in [5.41, 5.74) is 2.51. The van der Waals surface area contributed by atoms with Crippen molar-refractivity contribution in [2.24, 2.45) is 5.92 Å². The van der Waals surface area contributed by atoms with Gasteiger partial charge < -0.3 is 10.2 Å². The Morgan fingerprint density at radius 1 is 1.32 bits per heavy atom. The van der Waals surface area contributed by atoms with E-state index in [9.17, 15) is 9.59 Å². The summed E-state index contributed by atoms with van der Waals surface area (Å²) in [5, 5.41) is 3.28. The van der Waals surface area contributed by atoms with Crippen LogP contribution < -0.4 is 5.32 Å². The zero-order chi connectivity index (χ0) is 18.0. The third kappa shape index (κ3) is 4.19. The quantitative estimate of drug-likeness (QED) is 0.905. The summed E-state index contributed by atoms with van der Waals surface area (Å²) in [6, 6.07) is 0. The van der Waals surface area contributed by atoms with E-state index in [1.54, 1.807) is 19.3 Å². The number of hydrogen-bond acceptors (Lipinski definition) is 6. The van der Waals surface area contributed by atoms with E-state index in [0.717, 1.165) is 47.9 Å². The highest BCUT2D eigenvalue weighted by molar-refractivity contribution is 7.19. The van der Waals surface area contributed by atoms with E-state index >= 15 is 0 Å². The highest BCUT2D eigenvalue weighted by atomic mass is 32.1. The van der Waals surface area contributed by atoms with Gasteiger partial charge in [0.05, 0.1) is 22.5 Å². The summed E-state index contributed by atoms with van der Waals surface area (Å²) in [6.45, 7) is 6.58. The van der Waals surface area contributed by atoms with Crippen molar-refractivity contribution < 1.29 is 9.59 Å². The molecule has 0 bridgehead atoms. The first kappa shape index (κ1) is 17.5. The van der Waals surface area contributed by atoms with Gasteiger partial charge in [0.1, 0.15) is 5.69 Å². The molecule has 1 aliphatic rings. The van der Waals surface area contributed by atoms with E-state index in [2.05, 4.69) is 15.3 Å². The topological polar surface area (TPSA) is 88.1 Å². The predicted octanol–water partition coefficient (Wildman–Crippen LogP) is 2.28. The van der Waals surface area contributed by atoms with Crippen molar-refractivity contribution in [2.45, 2.75) is 33.6 Å². The molecular weight excluding hydrogens is 338 g/mol. The molecule has 0 aromatic carbocycles. The number of carbonyl (C=O) groups is 2. The van der Waals surface area contributed by atoms with Crippen molar-refractivity contribution >= 4 is 28.3 Å². The minimum absolute atomic E-state index is 0.133. The van der Waals surface area contributed by atoms with Crippen molar-refractivity contribution in [1.82, 2.24) is 19.9 Å². The third-order valence-corrected chi connectivity index (χ3v) is 5.32. The lowest BCUT2D eigenvalue weighted by Crippen LogP contribution is -2.26. The first-order valence-corrected chi connectivity index (χ1v) is 9.06. The molecule has 2 aromatic rings. The first-order valence-electron chi connectivity index (χ1n) is 8.24. The van der Waals surface area contributed by atoms with Crippen molar-refractivity contribution in [2.75, 3.05) is 18.4 Å². The average Bonchev–Trinajstić information content (AvgIpc) is 3.14. The minimum atomic E-state index is -0.142. The first-order chi connectivity index (χ1) is 11.9. The molecule has 7 nitrogen and oxygen atoms in total. The Labute approximate surface area is 150 Å². The Morgan fingerprint density at radius 2 is 2.12 bits per heavy atom. The van der Waals surface area contributed by atoms with Gasteiger partial charge in [-0.2, -0.15) is 0 Å². The van der Waals surface area contributed by atoms with Gasteiger partial charge in [-0.15, -0.1) is 0 Å². The molecule has 2 aromatic heterocycles. The number of amides is 2. The Morgan fingerprint density at radius 3 is 2.80 bits per heavy atom. The monoisotopic (exact) mass is 359 g/mol. The fourth-order valence-electron chi connectivity index (χ4n) is 3.03. The van der Waals surface area contributed by atoms with E-state index in [1.807, 2.05) is 11.8 Å². The molecule has 8 heteroatoms. The van der Waals surface area contributed by atoms with Gasteiger partial charge in [-0.05, 0) is 25.7 Å². The van der Waals surface area contributed by atoms with Gasteiger partial charge in [0.25, 0.3) is 0 Å². The van der Waals surface area contributed by atoms with Gasteiger partial charge >= 0.3 is 0 Å². The summed E-state index contributed by atoms with van der Waals surface area (Å²) in [6.07, 6.45) is 5.31. The predicted molar refractivity (Wildman–Crippen MR) is 96.2 cm³/mol. The number of aromatic nitrogens is 3. The summed E-state index contributed by atoms with van der Waals surface area (Å²) < 4.78 is 0. The second-order valence-corrected chi connectivity index (χ2v) is 7.33. The fourth-order valence-corrected chi connectivity index (χ4v) is 4.00. The maximum absolute atomic E-state index is 11.5. The maximum Gasteiger partial charge on any atom is 0.223 e. The summed E-state index contributed by atoms with van der Waals surface area (Å²) in [4.78, 5) is 38.9. The summed E-state index contributed by atoms with van der Waals surface area (Å²) >= 11 is 1.40. The Bertz CT molecular complexity index is 804. The number of nitrogens with one attached hydrogen (secondary N) is 1. The molecular formula is C17H21N5O2S. The van der Waals surface area contributed by atoms with Crippen LogP contribution in [-0.4, -0.2) is 44.8 Å². The number of carbonyl (C=O) groups excluding carboxylic acids is 2. The lowest BCUT2D eigenvalue weighted by Gasteiger charge is -2.13. The highest BCUT2D eigenvalue weighted by Crippen LogP contribution is 2.31. The maximum atomic E-state index is 11.5. The van der Waals surface area contributed by atoms with Crippen molar-refractivity contribution in [3.8, 4) is 10.6 Å². The normalized spacial score (nSPS) is 16.9. The van der Waals surface area contributed by atoms with Crippen LogP contribution in [-0.2, 0) is 16.0 Å². The van der Waals surface area contributed by atoms with E-state index in [1.165, 1.54) is 18.3 Å². The zero-order valence-electron chi connectivity index (χ0n) is 14.6. The second kappa shape index (κ2) is 7.26. The number of anilines is 1. The number of nitrogens with zero attached hydrogens (tertiary/aromatic N) is 4. The summed E-state index contributed by atoms with van der Waals surface area (Å²) in [7, 11) is 0. The molecule has 1 fully saturated rings. The van der Waals surface area contributed by atoms with E-state index < -0.39 is 0 Å². The van der Waals surface area contributed by atoms with Gasteiger partial charge in [0.2, 0.25) is 11.8 Å². The molecule has 25 heavy (non-hydrogen) atoms. The van der Waals surface area contributed by atoms with Gasteiger partial charge in [0, 0.05) is 33.1 Å². The highest BCUT2D eigenvalue weighted by Gasteiger charge is 2.25. The van der Waals surface area contributed by atoms with E-state index in [0.29, 0.717) is 11.0 Å². The molecule has 3 heterocycles. The molecule has 1 saturated heterocycles. The van der Waals surface area contributed by atoms with Crippen molar-refractivity contribution in [3.63, 3.8) is 0 Å². The van der Waals surface area contributed by atoms with Crippen LogP contribution in [0.15, 0.2) is 12.4 Å². The largest absolute Gasteiger partial charge is 0.343 e. The average molecular weight is 359 g/mol. The number of likely N-dealkylation sites (tertiary alicyclic amines) is 1. The zero-order valence-corrected chi connectivity index (χ0v) is 15.4. The SMILES string of the molecule is CC(=O)Nc1nc(C)c(-c2cncc(C[C@H]3CCN(C(C)=O)C3)n2)s1. The lowest BCUT2D eigenvalue weighted by molar-refractivity contribution is -0.127. The lowest BCUT2D eigenvalue weighted by atomic mass is 10.0. The molecule has 1 aliphatic heterocycles. The molecule has 1 N–H and O–H groups in total. The molecule has 0 saturated carbocycles. The van der Waals surface area contributed by atoms with Crippen LogP contribution in [0.3, 0.4) is 0 Å². The summed E-state index contributed by atoms with van der Waals surface area (Å²) in [5.74, 6) is 0.412. The smallest absolute Gasteiger partial charge is 0.223 e. The number of rotatable bonds is 4. The molecule has 0 spiro atoms. The molecule has 1 atom stereocenters. The van der Waals surface area contributed by atoms with Crippen LogP contribution >= 0.6 is 11.3 Å². The van der Waals surface area contributed by atoms with Crippen LogP contribution in [0.5, 0.6) is 0 Å². The van der Waals surface area contributed by atoms with Gasteiger partial charge in [0.15, 0.2) is 5.13 Å². The van der Waals surface area contributed by atoms with Gasteiger partial charge in [-0.25, -0.2) is 9.97 Å². The molecule has 0 unspecified atom stereocenters. The van der Waals surface area contributed by atoms with Crippen LogP contribution in [0.25, 0.3) is 10.6 Å². The van der Waals surface area contributed by atoms with Gasteiger partial charge in [-0.3, -0.25) is 14.6 Å². The number of aryl methyl sites for hydroxylation is 1. The standard InChI is InChI=1S/C17H21N5O2S/c1-10-16(25-17(19-10)20-11(2)23)15-8-18-7-14(21-15)6-13-4-5-22(9-13)12(3)24/h7-8,13H,4-6,9H2,1-3H3,(H,19,20,23)/t13-/m1/s1. The van der Waals surface area contributed by atoms with Crippen LogP contribution in [0, 0.1) is 12.8 Å². The molecule has 3 rings (SSSR count). The Balaban J connectivity index is 1.75. The third-order valence-electron chi connectivity index (χ3n) is 4.23. The molecule has 132 valence electrons. The second-order valence-electron chi connectivity index (χ2n) is 6.33. The van der Waals surface area contributed by atoms with Crippen LogP contribution in [0.2, 0.25) is 0 Å². The number of thiazole rings is 1. The van der Waals surface area contributed by atoms with E-state index in [-0.39, 0.29) is 11.8 Å². The van der Waals surface area contributed by atoms with Crippen LogP contribution in [0.4, 0.5) is 5.13 Å². The van der Waals surface area contributed by atoms with Gasteiger partial charge in [-0.1, -0.05) is 11.3 Å².